The maximum atomic E-state index is 8.29. The first-order chi connectivity index (χ1) is 5.24. The van der Waals surface area contributed by atoms with E-state index in [1.807, 2.05) is 0 Å². The second-order valence-electron chi connectivity index (χ2n) is 1.92. The van der Waals surface area contributed by atoms with Crippen LogP contribution in [0.2, 0.25) is 0 Å². The molecule has 4 N–H and O–H groups in total. The fourth-order valence-corrected chi connectivity index (χ4v) is 0.833. The second-order valence-corrected chi connectivity index (χ2v) is 2.39. The number of hydrogen-bond acceptors (Lipinski definition) is 3. The average Bonchev–Trinajstić information content (AvgIpc) is 2.03. The minimum atomic E-state index is 0.0247. The minimum Gasteiger partial charge on any atom is -0.409 e. The lowest BCUT2D eigenvalue weighted by atomic mass is 10.3. The van der Waals surface area contributed by atoms with Crippen molar-refractivity contribution in [2.45, 2.75) is 0 Å². The zero-order chi connectivity index (χ0) is 8.27. The molecule has 1 heterocycles. The number of amidine groups is 1. The monoisotopic (exact) mass is 169 g/mol. The van der Waals surface area contributed by atoms with E-state index >= 15 is 0 Å². The van der Waals surface area contributed by atoms with Gasteiger partial charge in [0.05, 0.1) is 5.69 Å². The Hall–Kier alpha value is -1.36. The number of aromatic nitrogens is 1. The van der Waals surface area contributed by atoms with Crippen LogP contribution in [0.4, 0.5) is 0 Å². The summed E-state index contributed by atoms with van der Waals surface area (Å²) >= 11 is 4.85. The molecule has 1 aromatic rings. The van der Waals surface area contributed by atoms with Crippen LogP contribution in [0.25, 0.3) is 0 Å². The molecule has 11 heavy (non-hydrogen) atoms. The Labute approximate surface area is 68.4 Å². The van der Waals surface area contributed by atoms with Crippen LogP contribution in [0.5, 0.6) is 0 Å². The molecule has 0 atom stereocenters. The molecule has 1 rings (SSSR count). The molecule has 0 saturated heterocycles. The van der Waals surface area contributed by atoms with Gasteiger partial charge in [-0.25, -0.2) is 0 Å². The smallest absolute Gasteiger partial charge is 0.186 e. The third-order valence-electron chi connectivity index (χ3n) is 1.16. The fourth-order valence-electron chi connectivity index (χ4n) is 0.647. The van der Waals surface area contributed by atoms with Gasteiger partial charge in [-0.15, -0.1) is 0 Å². The summed E-state index contributed by atoms with van der Waals surface area (Å²) in [4.78, 5) is 2.78. The zero-order valence-electron chi connectivity index (χ0n) is 5.61. The van der Waals surface area contributed by atoms with Crippen molar-refractivity contribution in [1.82, 2.24) is 4.98 Å². The van der Waals surface area contributed by atoms with Crippen LogP contribution >= 0.6 is 12.2 Å². The van der Waals surface area contributed by atoms with Crippen molar-refractivity contribution in [2.24, 2.45) is 10.9 Å². The maximum absolute atomic E-state index is 8.29. The third kappa shape index (κ3) is 1.78. The molecule has 0 amide bonds. The molecule has 0 bridgehead atoms. The summed E-state index contributed by atoms with van der Waals surface area (Å²) in [6, 6.07) is 3.33. The van der Waals surface area contributed by atoms with Crippen molar-refractivity contribution in [3.8, 4) is 0 Å². The first-order valence-electron chi connectivity index (χ1n) is 2.90. The Kier molecular flexibility index (Phi) is 2.22. The molecule has 0 spiro atoms. The van der Waals surface area contributed by atoms with E-state index in [-0.39, 0.29) is 5.84 Å². The first-order valence-corrected chi connectivity index (χ1v) is 3.31. The molecule has 0 radical (unpaired) electrons. The van der Waals surface area contributed by atoms with Gasteiger partial charge in [0.1, 0.15) is 0 Å². The zero-order valence-corrected chi connectivity index (χ0v) is 6.43. The van der Waals surface area contributed by atoms with E-state index in [9.17, 15) is 0 Å². The summed E-state index contributed by atoms with van der Waals surface area (Å²) < 4.78 is 0.644. The molecule has 0 aromatic carbocycles. The summed E-state index contributed by atoms with van der Waals surface area (Å²) in [5.74, 6) is 0.0247. The molecule has 0 unspecified atom stereocenters. The summed E-state index contributed by atoms with van der Waals surface area (Å²) in [7, 11) is 0. The molecule has 0 saturated carbocycles. The second kappa shape index (κ2) is 3.16. The largest absolute Gasteiger partial charge is 0.409 e. The highest BCUT2D eigenvalue weighted by atomic mass is 32.1. The van der Waals surface area contributed by atoms with Crippen LogP contribution in [0.15, 0.2) is 23.5 Å². The first kappa shape index (κ1) is 7.74. The summed E-state index contributed by atoms with van der Waals surface area (Å²) in [6.45, 7) is 0. The summed E-state index contributed by atoms with van der Waals surface area (Å²) in [5, 5.41) is 11.1. The molecule has 58 valence electrons. The van der Waals surface area contributed by atoms with Gasteiger partial charge >= 0.3 is 0 Å². The lowest BCUT2D eigenvalue weighted by Gasteiger charge is -1.95. The standard InChI is InChI=1S/C6H7N3OS/c7-6(9-10)5-3-4(11)1-2-8-5/h1-3,10H,(H2,7,9)(H,8,11). The molecule has 5 heteroatoms. The van der Waals surface area contributed by atoms with Crippen molar-refractivity contribution in [3.63, 3.8) is 0 Å². The Balaban J connectivity index is 3.16. The summed E-state index contributed by atoms with van der Waals surface area (Å²) in [6.07, 6.45) is 1.63. The van der Waals surface area contributed by atoms with Crippen LogP contribution in [0.1, 0.15) is 5.69 Å². The topological polar surface area (TPSA) is 74.4 Å². The number of rotatable bonds is 1. The van der Waals surface area contributed by atoms with Gasteiger partial charge in [-0.3, -0.25) is 0 Å². The Bertz CT molecular complexity index is 331. The number of pyridine rings is 1. The van der Waals surface area contributed by atoms with E-state index in [1.54, 1.807) is 18.3 Å². The van der Waals surface area contributed by atoms with Crippen LogP contribution < -0.4 is 5.73 Å². The molecule has 4 nitrogen and oxygen atoms in total. The molecule has 0 fully saturated rings. The predicted octanol–water partition coefficient (Wildman–Crippen LogP) is 0.839. The van der Waals surface area contributed by atoms with E-state index in [2.05, 4.69) is 10.1 Å². The normalized spacial score (nSPS) is 11.5. The van der Waals surface area contributed by atoms with Gasteiger partial charge in [0.2, 0.25) is 0 Å². The number of nitrogens with one attached hydrogen (secondary N) is 1. The van der Waals surface area contributed by atoms with Gasteiger partial charge in [-0.1, -0.05) is 17.4 Å². The van der Waals surface area contributed by atoms with Gasteiger partial charge in [-0.2, -0.15) is 0 Å². The van der Waals surface area contributed by atoms with Crippen molar-refractivity contribution in [2.75, 3.05) is 0 Å². The van der Waals surface area contributed by atoms with Crippen molar-refractivity contribution in [1.29, 1.82) is 0 Å². The highest BCUT2D eigenvalue weighted by Gasteiger charge is 1.95. The van der Waals surface area contributed by atoms with Gasteiger partial charge in [0, 0.05) is 10.7 Å². The highest BCUT2D eigenvalue weighted by Crippen LogP contribution is 1.94. The van der Waals surface area contributed by atoms with E-state index < -0.39 is 0 Å². The molecular formula is C6H7N3OS. The molecule has 1 aromatic heterocycles. The van der Waals surface area contributed by atoms with E-state index in [0.717, 1.165) is 0 Å². The summed E-state index contributed by atoms with van der Waals surface area (Å²) in [5.41, 5.74) is 5.80. The quantitative estimate of drug-likeness (QED) is 0.192. The number of nitrogens with two attached hydrogens (primary N) is 1. The van der Waals surface area contributed by atoms with Crippen molar-refractivity contribution < 1.29 is 5.21 Å². The maximum Gasteiger partial charge on any atom is 0.186 e. The Morgan fingerprint density at radius 3 is 3.00 bits per heavy atom. The number of oxime groups is 1. The predicted molar refractivity (Wildman–Crippen MR) is 44.1 cm³/mol. The van der Waals surface area contributed by atoms with E-state index in [4.69, 9.17) is 23.2 Å². The molecule has 0 aliphatic rings. The number of H-pyrrole nitrogens is 1. The van der Waals surface area contributed by atoms with Gasteiger partial charge < -0.3 is 15.9 Å². The average molecular weight is 169 g/mol. The van der Waals surface area contributed by atoms with Crippen LogP contribution in [-0.4, -0.2) is 16.0 Å². The molecule has 0 aliphatic carbocycles. The molecule has 0 aliphatic heterocycles. The van der Waals surface area contributed by atoms with Gasteiger partial charge in [-0.05, 0) is 12.1 Å². The lowest BCUT2D eigenvalue weighted by molar-refractivity contribution is 0.318. The van der Waals surface area contributed by atoms with E-state index in [1.165, 1.54) is 0 Å². The third-order valence-corrected chi connectivity index (χ3v) is 1.41. The number of nitrogens with zero attached hydrogens (tertiary/aromatic N) is 1. The van der Waals surface area contributed by atoms with Crippen LogP contribution in [-0.2, 0) is 0 Å². The van der Waals surface area contributed by atoms with Gasteiger partial charge in [0.25, 0.3) is 0 Å². The minimum absolute atomic E-state index is 0.0247. The Morgan fingerprint density at radius 2 is 2.45 bits per heavy atom. The van der Waals surface area contributed by atoms with E-state index in [0.29, 0.717) is 10.2 Å². The lowest BCUT2D eigenvalue weighted by Crippen LogP contribution is -2.14. The van der Waals surface area contributed by atoms with Crippen LogP contribution in [0.3, 0.4) is 0 Å². The molecular weight excluding hydrogens is 162 g/mol. The number of aromatic amines is 1. The fraction of sp³-hybridized carbons (Fsp3) is 0. The van der Waals surface area contributed by atoms with Gasteiger partial charge in [0.15, 0.2) is 5.84 Å². The highest BCUT2D eigenvalue weighted by molar-refractivity contribution is 7.71. The Morgan fingerprint density at radius 1 is 1.73 bits per heavy atom. The SMILES string of the molecule is NC(=NO)c1cc(=S)cc[nH]1. The van der Waals surface area contributed by atoms with Crippen molar-refractivity contribution >= 4 is 18.1 Å². The van der Waals surface area contributed by atoms with Crippen LogP contribution in [0, 0.1) is 4.51 Å². The number of hydrogen-bond donors (Lipinski definition) is 3. The van der Waals surface area contributed by atoms with Crippen molar-refractivity contribution in [3.05, 3.63) is 28.5 Å².